The van der Waals surface area contributed by atoms with E-state index in [2.05, 4.69) is 0 Å². The van der Waals surface area contributed by atoms with Crippen molar-refractivity contribution in [2.75, 3.05) is 11.9 Å². The molecule has 2 N–H and O–H groups in total. The Hall–Kier alpha value is -2.57. The average Bonchev–Trinajstić information content (AvgIpc) is 2.63. The first-order chi connectivity index (χ1) is 8.41. The summed E-state index contributed by atoms with van der Waals surface area (Å²) in [4.78, 5) is 34.6. The third-order valence-corrected chi connectivity index (χ3v) is 2.68. The van der Waals surface area contributed by atoms with Crippen LogP contribution in [0.25, 0.3) is 11.1 Å². The van der Waals surface area contributed by atoms with Gasteiger partial charge in [-0.2, -0.15) is 0 Å². The molecule has 1 aromatic heterocycles. The van der Waals surface area contributed by atoms with Gasteiger partial charge in [-0.25, -0.2) is 4.79 Å². The summed E-state index contributed by atoms with van der Waals surface area (Å²) in [6.45, 7) is 0. The maximum absolute atomic E-state index is 11.4. The highest BCUT2D eigenvalue weighted by atomic mass is 16.4. The monoisotopic (exact) mass is 249 g/mol. The lowest BCUT2D eigenvalue weighted by molar-refractivity contribution is -0.135. The highest BCUT2D eigenvalue weighted by Crippen LogP contribution is 2.20. The van der Waals surface area contributed by atoms with Crippen molar-refractivity contribution in [1.82, 2.24) is 4.57 Å². The van der Waals surface area contributed by atoms with Crippen molar-refractivity contribution < 1.29 is 14.0 Å². The molecule has 0 spiro atoms. The Morgan fingerprint density at radius 3 is 2.67 bits per heavy atom. The number of fused-ring (bicyclic) bond motifs is 1. The molecule has 0 aliphatic carbocycles. The number of likely N-dealkylation sites (N-methyl/N-ethyl adjacent to an activating group) is 1. The molecule has 7 heteroatoms. The Kier molecular flexibility index (Phi) is 2.66. The van der Waals surface area contributed by atoms with Gasteiger partial charge in [0.1, 0.15) is 0 Å². The third-order valence-electron chi connectivity index (χ3n) is 2.68. The van der Waals surface area contributed by atoms with Gasteiger partial charge in [-0.1, -0.05) is 0 Å². The van der Waals surface area contributed by atoms with Gasteiger partial charge in [-0.05, 0) is 18.2 Å². The van der Waals surface area contributed by atoms with Crippen LogP contribution in [0.15, 0.2) is 27.4 Å². The molecule has 0 saturated carbocycles. The summed E-state index contributed by atoms with van der Waals surface area (Å²) in [5.41, 5.74) is 6.30. The first-order valence-electron chi connectivity index (χ1n) is 5.09. The normalized spacial score (nSPS) is 10.6. The second-order valence-corrected chi connectivity index (χ2v) is 3.81. The number of amides is 2. The van der Waals surface area contributed by atoms with Crippen molar-refractivity contribution >= 4 is 28.6 Å². The van der Waals surface area contributed by atoms with E-state index in [0.29, 0.717) is 16.8 Å². The van der Waals surface area contributed by atoms with E-state index in [1.165, 1.54) is 11.6 Å². The fraction of sp³-hybridized carbons (Fsp3) is 0.182. The van der Waals surface area contributed by atoms with Crippen molar-refractivity contribution in [3.05, 3.63) is 28.7 Å². The van der Waals surface area contributed by atoms with E-state index in [0.717, 1.165) is 4.90 Å². The number of aryl methyl sites for hydroxylation is 1. The number of benzene rings is 1. The van der Waals surface area contributed by atoms with E-state index in [9.17, 15) is 14.4 Å². The predicted molar refractivity (Wildman–Crippen MR) is 64.1 cm³/mol. The second kappa shape index (κ2) is 4.02. The van der Waals surface area contributed by atoms with Crippen molar-refractivity contribution in [3.8, 4) is 0 Å². The Balaban J connectivity index is 2.53. The van der Waals surface area contributed by atoms with Gasteiger partial charge in [-0.3, -0.25) is 14.2 Å². The molecule has 94 valence electrons. The molecule has 1 heterocycles. The minimum Gasteiger partial charge on any atom is -0.408 e. The van der Waals surface area contributed by atoms with Crippen LogP contribution in [-0.2, 0) is 16.6 Å². The minimum absolute atomic E-state index is 0.408. The molecule has 7 nitrogen and oxygen atoms in total. The quantitative estimate of drug-likeness (QED) is 0.694. The number of hydrogen-bond donors (Lipinski definition) is 1. The molecule has 18 heavy (non-hydrogen) atoms. The molecule has 0 radical (unpaired) electrons. The zero-order valence-electron chi connectivity index (χ0n) is 9.84. The summed E-state index contributed by atoms with van der Waals surface area (Å²) in [6.07, 6.45) is 0. The first kappa shape index (κ1) is 11.9. The van der Waals surface area contributed by atoms with Crippen LogP contribution in [0.3, 0.4) is 0 Å². The van der Waals surface area contributed by atoms with Crippen LogP contribution in [0.1, 0.15) is 0 Å². The van der Waals surface area contributed by atoms with E-state index in [4.69, 9.17) is 10.2 Å². The first-order valence-corrected chi connectivity index (χ1v) is 5.09. The van der Waals surface area contributed by atoms with Crippen molar-refractivity contribution in [2.45, 2.75) is 0 Å². The zero-order valence-corrected chi connectivity index (χ0v) is 9.84. The van der Waals surface area contributed by atoms with Gasteiger partial charge in [0.05, 0.1) is 5.52 Å². The Morgan fingerprint density at radius 1 is 1.39 bits per heavy atom. The molecule has 2 aromatic rings. The van der Waals surface area contributed by atoms with Gasteiger partial charge < -0.3 is 15.1 Å². The van der Waals surface area contributed by atoms with E-state index in [1.807, 2.05) is 0 Å². The molecule has 2 amide bonds. The molecule has 0 unspecified atom stereocenters. The molecule has 0 aliphatic rings. The van der Waals surface area contributed by atoms with Crippen LogP contribution in [-0.4, -0.2) is 23.4 Å². The van der Waals surface area contributed by atoms with Gasteiger partial charge >= 0.3 is 17.6 Å². The number of nitrogens with two attached hydrogens (primary N) is 1. The molecule has 0 saturated heterocycles. The van der Waals surface area contributed by atoms with Crippen LogP contribution in [0.2, 0.25) is 0 Å². The standard InChI is InChI=1S/C11H11N3O4/c1-13(10(16)9(12)15)6-3-4-8-7(5-6)14(2)11(17)18-8/h3-5H,1-2H3,(H2,12,15). The third kappa shape index (κ3) is 1.75. The number of primary amides is 1. The van der Waals surface area contributed by atoms with Crippen molar-refractivity contribution in [1.29, 1.82) is 0 Å². The summed E-state index contributed by atoms with van der Waals surface area (Å²) < 4.78 is 6.26. The van der Waals surface area contributed by atoms with Gasteiger partial charge in [0.25, 0.3) is 0 Å². The van der Waals surface area contributed by atoms with Crippen LogP contribution in [0.5, 0.6) is 0 Å². The second-order valence-electron chi connectivity index (χ2n) is 3.81. The SMILES string of the molecule is CN(C(=O)C(N)=O)c1ccc2oc(=O)n(C)c2c1. The smallest absolute Gasteiger partial charge is 0.408 e. The topological polar surface area (TPSA) is 98.5 Å². The molecule has 1 aromatic carbocycles. The predicted octanol–water partition coefficient (Wildman–Crippen LogP) is -0.420. The zero-order chi connectivity index (χ0) is 13.4. The van der Waals surface area contributed by atoms with Gasteiger partial charge in [-0.15, -0.1) is 0 Å². The summed E-state index contributed by atoms with van der Waals surface area (Å²) in [7, 11) is 2.97. The van der Waals surface area contributed by atoms with Crippen LogP contribution >= 0.6 is 0 Å². The molecular formula is C11H11N3O4. The Morgan fingerprint density at radius 2 is 2.06 bits per heavy atom. The maximum Gasteiger partial charge on any atom is 0.419 e. The van der Waals surface area contributed by atoms with Crippen LogP contribution in [0, 0.1) is 0 Å². The van der Waals surface area contributed by atoms with E-state index < -0.39 is 17.6 Å². The fourth-order valence-electron chi connectivity index (χ4n) is 1.61. The summed E-state index contributed by atoms with van der Waals surface area (Å²) >= 11 is 0. The lowest BCUT2D eigenvalue weighted by Crippen LogP contribution is -2.37. The molecule has 0 fully saturated rings. The van der Waals surface area contributed by atoms with Crippen LogP contribution in [0.4, 0.5) is 5.69 Å². The number of hydrogen-bond acceptors (Lipinski definition) is 4. The summed E-state index contributed by atoms with van der Waals surface area (Å²) in [6, 6.07) is 4.68. The molecule has 0 atom stereocenters. The molecule has 0 aliphatic heterocycles. The summed E-state index contributed by atoms with van der Waals surface area (Å²) in [5, 5.41) is 0. The number of oxazole rings is 1. The average molecular weight is 249 g/mol. The van der Waals surface area contributed by atoms with Gasteiger partial charge in [0, 0.05) is 19.8 Å². The van der Waals surface area contributed by atoms with Gasteiger partial charge in [0.15, 0.2) is 5.58 Å². The molecular weight excluding hydrogens is 238 g/mol. The molecule has 2 rings (SSSR count). The summed E-state index contributed by atoms with van der Waals surface area (Å²) in [5.74, 6) is -2.37. The minimum atomic E-state index is -1.04. The largest absolute Gasteiger partial charge is 0.419 e. The van der Waals surface area contributed by atoms with E-state index in [1.54, 1.807) is 25.2 Å². The number of rotatable bonds is 1. The number of nitrogens with zero attached hydrogens (tertiary/aromatic N) is 2. The van der Waals surface area contributed by atoms with Gasteiger partial charge in [0.2, 0.25) is 0 Å². The number of carbonyl (C=O) groups is 2. The Labute approximate surface area is 101 Å². The maximum atomic E-state index is 11.4. The highest BCUT2D eigenvalue weighted by Gasteiger charge is 2.17. The fourth-order valence-corrected chi connectivity index (χ4v) is 1.61. The molecule has 0 bridgehead atoms. The lowest BCUT2D eigenvalue weighted by Gasteiger charge is -2.14. The number of anilines is 1. The Bertz CT molecular complexity index is 698. The van der Waals surface area contributed by atoms with Crippen LogP contribution < -0.4 is 16.4 Å². The van der Waals surface area contributed by atoms with E-state index in [-0.39, 0.29) is 0 Å². The van der Waals surface area contributed by atoms with Crippen molar-refractivity contribution in [2.24, 2.45) is 12.8 Å². The lowest BCUT2D eigenvalue weighted by atomic mass is 10.2. The highest BCUT2D eigenvalue weighted by molar-refractivity contribution is 6.39. The van der Waals surface area contributed by atoms with E-state index >= 15 is 0 Å². The van der Waals surface area contributed by atoms with Crippen molar-refractivity contribution in [3.63, 3.8) is 0 Å². The number of aromatic nitrogens is 1. The number of carbonyl (C=O) groups excluding carboxylic acids is 2.